The largest absolute Gasteiger partial charge is 0.508 e. The van der Waals surface area contributed by atoms with Crippen LogP contribution in [0.1, 0.15) is 106 Å². The molecule has 0 aromatic heterocycles. The van der Waals surface area contributed by atoms with E-state index in [0.29, 0.717) is 12.8 Å². The Morgan fingerprint density at radius 3 is 1.87 bits per heavy atom. The summed E-state index contributed by atoms with van der Waals surface area (Å²) in [6, 6.07) is 12.0. The molecule has 0 saturated heterocycles. The number of hydrogen-bond acceptors (Lipinski definition) is 7. The second-order valence-corrected chi connectivity index (χ2v) is 14.6. The highest BCUT2D eigenvalue weighted by atomic mass is 16.6. The van der Waals surface area contributed by atoms with Crippen molar-refractivity contribution >= 4 is 23.9 Å². The van der Waals surface area contributed by atoms with Gasteiger partial charge in [0.05, 0.1) is 0 Å². The predicted octanol–water partition coefficient (Wildman–Crippen LogP) is 6.46. The third-order valence-electron chi connectivity index (χ3n) is 7.93. The number of nitrogens with one attached hydrogen (secondary N) is 2. The first-order valence-electron chi connectivity index (χ1n) is 16.4. The predicted molar refractivity (Wildman–Crippen MR) is 183 cm³/mol. The van der Waals surface area contributed by atoms with E-state index in [1.54, 1.807) is 59.7 Å². The van der Waals surface area contributed by atoms with E-state index in [2.05, 4.69) is 10.6 Å². The lowest BCUT2D eigenvalue weighted by atomic mass is 9.89. The lowest BCUT2D eigenvalue weighted by Gasteiger charge is -2.45. The zero-order valence-corrected chi connectivity index (χ0v) is 30.0. The molecule has 0 bridgehead atoms. The number of para-hydroxylation sites is 1. The van der Waals surface area contributed by atoms with Crippen LogP contribution in [-0.4, -0.2) is 62.7 Å². The highest BCUT2D eigenvalue weighted by Crippen LogP contribution is 2.36. The monoisotopic (exact) mass is 653 g/mol. The Hall–Kier alpha value is -4.08. The molecule has 3 N–H and O–H groups in total. The molecule has 260 valence electrons. The van der Waals surface area contributed by atoms with Crippen LogP contribution in [0.2, 0.25) is 0 Å². The van der Waals surface area contributed by atoms with Gasteiger partial charge in [-0.05, 0) is 79.4 Å². The van der Waals surface area contributed by atoms with Gasteiger partial charge in [0, 0.05) is 17.5 Å². The topological polar surface area (TPSA) is 134 Å². The Morgan fingerprint density at radius 2 is 1.36 bits per heavy atom. The van der Waals surface area contributed by atoms with Gasteiger partial charge in [0.15, 0.2) is 0 Å². The van der Waals surface area contributed by atoms with Crippen molar-refractivity contribution < 1.29 is 33.8 Å². The first kappa shape index (κ1) is 39.1. The van der Waals surface area contributed by atoms with Gasteiger partial charge in [-0.3, -0.25) is 9.59 Å². The maximum Gasteiger partial charge on any atom is 0.408 e. The summed E-state index contributed by atoms with van der Waals surface area (Å²) in [6.45, 7) is 19.7. The number of alkyl carbamates (subject to hydrolysis) is 1. The number of phenols is 1. The van der Waals surface area contributed by atoms with E-state index in [1.807, 2.05) is 65.0 Å². The van der Waals surface area contributed by atoms with Crippen molar-refractivity contribution in [3.05, 3.63) is 65.7 Å². The van der Waals surface area contributed by atoms with Gasteiger partial charge < -0.3 is 30.1 Å². The van der Waals surface area contributed by atoms with Gasteiger partial charge in [0.1, 0.15) is 35.1 Å². The zero-order valence-electron chi connectivity index (χ0n) is 30.0. The molecule has 0 radical (unpaired) electrons. The molecule has 3 amide bonds. The van der Waals surface area contributed by atoms with Crippen LogP contribution in [0.4, 0.5) is 4.79 Å². The highest BCUT2D eigenvalue weighted by molar-refractivity contribution is 5.95. The van der Waals surface area contributed by atoms with Gasteiger partial charge in [-0.1, -0.05) is 75.7 Å². The zero-order chi connectivity index (χ0) is 35.7. The summed E-state index contributed by atoms with van der Waals surface area (Å²) in [7, 11) is 0. The normalized spacial score (nSPS) is 14.6. The summed E-state index contributed by atoms with van der Waals surface area (Å²) < 4.78 is 11.2. The molecular weight excluding hydrogens is 598 g/mol. The van der Waals surface area contributed by atoms with E-state index < -0.39 is 58.7 Å². The van der Waals surface area contributed by atoms with E-state index in [4.69, 9.17) is 9.47 Å². The van der Waals surface area contributed by atoms with Gasteiger partial charge in [-0.2, -0.15) is 0 Å². The first-order chi connectivity index (χ1) is 21.7. The van der Waals surface area contributed by atoms with E-state index >= 15 is 0 Å². The SMILES string of the molecule is CCC(C)C(NC(=O)OC(C)(C)C)C(=O)N(C(C(=O)NC(Cc1ccccc1)C(=O)OC(C)(C)C)c1ccccc1O)C(C)(C)CC. The van der Waals surface area contributed by atoms with Crippen LogP contribution in [0, 0.1) is 5.92 Å². The Kier molecular flexibility index (Phi) is 13.4. The van der Waals surface area contributed by atoms with Gasteiger partial charge in [-0.25, -0.2) is 9.59 Å². The third kappa shape index (κ3) is 11.6. The molecule has 2 aromatic carbocycles. The molecule has 10 heteroatoms. The molecule has 4 atom stereocenters. The lowest BCUT2D eigenvalue weighted by molar-refractivity contribution is -0.159. The molecule has 0 spiro atoms. The van der Waals surface area contributed by atoms with E-state index in [9.17, 15) is 24.3 Å². The number of carbonyl (C=O) groups excluding carboxylic acids is 4. The Bertz CT molecular complexity index is 1360. The van der Waals surface area contributed by atoms with Crippen LogP contribution >= 0.6 is 0 Å². The molecule has 0 saturated carbocycles. The van der Waals surface area contributed by atoms with Crippen molar-refractivity contribution in [3.8, 4) is 5.75 Å². The molecule has 2 aromatic rings. The average Bonchev–Trinajstić information content (AvgIpc) is 2.96. The highest BCUT2D eigenvalue weighted by Gasteiger charge is 2.45. The van der Waals surface area contributed by atoms with Gasteiger partial charge in [0.25, 0.3) is 0 Å². The Labute approximate surface area is 280 Å². The van der Waals surface area contributed by atoms with Crippen molar-refractivity contribution in [2.24, 2.45) is 5.92 Å². The molecule has 0 aliphatic rings. The van der Waals surface area contributed by atoms with Crippen molar-refractivity contribution in [2.45, 2.75) is 130 Å². The number of hydrogen-bond donors (Lipinski definition) is 3. The number of carbonyl (C=O) groups is 4. The molecule has 0 aliphatic carbocycles. The summed E-state index contributed by atoms with van der Waals surface area (Å²) >= 11 is 0. The molecular formula is C37H55N3O7. The van der Waals surface area contributed by atoms with Crippen molar-refractivity contribution in [1.29, 1.82) is 0 Å². The quantitative estimate of drug-likeness (QED) is 0.211. The fourth-order valence-electron chi connectivity index (χ4n) is 5.00. The molecule has 0 aliphatic heterocycles. The molecule has 10 nitrogen and oxygen atoms in total. The van der Waals surface area contributed by atoms with Crippen LogP contribution in [0.25, 0.3) is 0 Å². The summed E-state index contributed by atoms with van der Waals surface area (Å²) in [5.41, 5.74) is -1.62. The molecule has 4 unspecified atom stereocenters. The second kappa shape index (κ2) is 16.2. The minimum Gasteiger partial charge on any atom is -0.508 e. The van der Waals surface area contributed by atoms with Crippen LogP contribution in [0.5, 0.6) is 5.75 Å². The maximum absolute atomic E-state index is 14.8. The number of amides is 3. The number of ether oxygens (including phenoxy) is 2. The van der Waals surface area contributed by atoms with Crippen molar-refractivity contribution in [3.63, 3.8) is 0 Å². The minimum absolute atomic E-state index is 0.135. The van der Waals surface area contributed by atoms with Crippen molar-refractivity contribution in [1.82, 2.24) is 15.5 Å². The first-order valence-corrected chi connectivity index (χ1v) is 16.4. The van der Waals surface area contributed by atoms with Crippen molar-refractivity contribution in [2.75, 3.05) is 0 Å². The Morgan fingerprint density at radius 1 is 0.809 bits per heavy atom. The number of nitrogens with zero attached hydrogens (tertiary/aromatic N) is 1. The lowest BCUT2D eigenvalue weighted by Crippen LogP contribution is -2.61. The summed E-state index contributed by atoms with van der Waals surface area (Å²) in [6.07, 6.45) is 0.338. The average molecular weight is 654 g/mol. The summed E-state index contributed by atoms with van der Waals surface area (Å²) in [5.74, 6) is -2.40. The second-order valence-electron chi connectivity index (χ2n) is 14.6. The summed E-state index contributed by atoms with van der Waals surface area (Å²) in [5, 5.41) is 16.7. The van der Waals surface area contributed by atoms with Gasteiger partial charge in [-0.15, -0.1) is 0 Å². The van der Waals surface area contributed by atoms with Crippen LogP contribution < -0.4 is 10.6 Å². The molecule has 0 fully saturated rings. The van der Waals surface area contributed by atoms with E-state index in [-0.39, 0.29) is 23.7 Å². The molecule has 0 heterocycles. The summed E-state index contributed by atoms with van der Waals surface area (Å²) in [4.78, 5) is 57.3. The van der Waals surface area contributed by atoms with Gasteiger partial charge >= 0.3 is 12.1 Å². The van der Waals surface area contributed by atoms with Gasteiger partial charge in [0.2, 0.25) is 11.8 Å². The number of phenolic OH excluding ortho intramolecular Hbond substituents is 1. The fraction of sp³-hybridized carbons (Fsp3) is 0.568. The smallest absolute Gasteiger partial charge is 0.408 e. The van der Waals surface area contributed by atoms with E-state index in [1.165, 1.54) is 11.0 Å². The number of rotatable bonds is 13. The van der Waals surface area contributed by atoms with E-state index in [0.717, 1.165) is 5.56 Å². The molecule has 47 heavy (non-hydrogen) atoms. The minimum atomic E-state index is -1.38. The fourth-order valence-corrected chi connectivity index (χ4v) is 5.00. The standard InChI is InChI=1S/C37H55N3O7/c1-12-24(3)29(39-34(45)47-36(7,8)9)32(43)40(37(10,11)13-2)30(26-21-17-18-22-28(26)41)31(42)38-27(33(44)46-35(4,5)6)23-25-19-15-14-16-20-25/h14-22,24,27,29-30,41H,12-13,23H2,1-11H3,(H,38,42)(H,39,45). The molecule has 2 rings (SSSR count). The van der Waals surface area contributed by atoms with Crippen LogP contribution in [0.15, 0.2) is 54.6 Å². The van der Waals surface area contributed by atoms with Crippen LogP contribution in [0.3, 0.4) is 0 Å². The Balaban J connectivity index is 2.73. The maximum atomic E-state index is 14.8. The van der Waals surface area contributed by atoms with Crippen LogP contribution in [-0.2, 0) is 30.3 Å². The number of esters is 1. The number of benzene rings is 2. The number of aromatic hydroxyl groups is 1. The third-order valence-corrected chi connectivity index (χ3v) is 7.93.